The van der Waals surface area contributed by atoms with E-state index in [2.05, 4.69) is 9.97 Å². The average Bonchev–Trinajstić information content (AvgIpc) is 3.33. The van der Waals surface area contributed by atoms with Crippen LogP contribution in [0.3, 0.4) is 0 Å². The maximum Gasteiger partial charge on any atom is 0.181 e. The molecule has 2 aromatic carbocycles. The smallest absolute Gasteiger partial charge is 0.181 e. The van der Waals surface area contributed by atoms with E-state index in [-0.39, 0.29) is 11.7 Å². The summed E-state index contributed by atoms with van der Waals surface area (Å²) in [6, 6.07) is 20.5. The molecule has 5 rings (SSSR count). The second-order valence-corrected chi connectivity index (χ2v) is 6.70. The van der Waals surface area contributed by atoms with Crippen LogP contribution in [-0.2, 0) is 0 Å². The van der Waals surface area contributed by atoms with Crippen molar-refractivity contribution in [2.24, 2.45) is 11.5 Å². The van der Waals surface area contributed by atoms with Gasteiger partial charge in [-0.25, -0.2) is 15.0 Å². The number of nitrogens with one attached hydrogen (secondary N) is 2. The first-order chi connectivity index (χ1) is 14.5. The van der Waals surface area contributed by atoms with E-state index in [1.165, 1.54) is 0 Å². The first kappa shape index (κ1) is 17.6. The van der Waals surface area contributed by atoms with E-state index >= 15 is 0 Å². The molecule has 0 aliphatic carbocycles. The number of pyridine rings is 1. The fraction of sp³-hybridized carbons (Fsp3) is 0. The topological polar surface area (TPSA) is 148 Å². The molecule has 0 aliphatic heterocycles. The Balaban J connectivity index is 1.79. The largest absolute Gasteiger partial charge is 0.381 e. The number of nitrogens with zero attached hydrogens (tertiary/aromatic N) is 5. The van der Waals surface area contributed by atoms with Gasteiger partial charge in [0.2, 0.25) is 0 Å². The van der Waals surface area contributed by atoms with Crippen molar-refractivity contribution >= 4 is 33.7 Å². The number of para-hydroxylation sites is 4. The summed E-state index contributed by atoms with van der Waals surface area (Å²) in [5, 5.41) is 15.9. The van der Waals surface area contributed by atoms with Gasteiger partial charge in [-0.15, -0.1) is 0 Å². The highest BCUT2D eigenvalue weighted by atomic mass is 15.2. The van der Waals surface area contributed by atoms with Crippen LogP contribution < -0.4 is 11.5 Å². The Hall–Kier alpha value is -4.53. The van der Waals surface area contributed by atoms with Gasteiger partial charge in [-0.2, -0.15) is 0 Å². The summed E-state index contributed by atoms with van der Waals surface area (Å²) in [7, 11) is 0. The Morgan fingerprint density at radius 1 is 0.600 bits per heavy atom. The van der Waals surface area contributed by atoms with Gasteiger partial charge < -0.3 is 11.5 Å². The lowest BCUT2D eigenvalue weighted by atomic mass is 10.3. The standard InChI is InChI=1S/C21H17N9/c22-18(23)20-26-12-6-1-3-8-14(12)29(20)16-10-5-11-17(28-16)30-15-9-4-2-7-13(15)27-21(30)19(24)25/h1-11H,(H3,22,23)(H3,24,25). The monoisotopic (exact) mass is 395 g/mol. The van der Waals surface area contributed by atoms with Crippen LogP contribution in [0.25, 0.3) is 33.7 Å². The molecule has 0 spiro atoms. The van der Waals surface area contributed by atoms with E-state index in [0.717, 1.165) is 11.0 Å². The summed E-state index contributed by atoms with van der Waals surface area (Å²) < 4.78 is 3.49. The summed E-state index contributed by atoms with van der Waals surface area (Å²) in [5.41, 5.74) is 14.6. The molecular weight excluding hydrogens is 378 g/mol. The van der Waals surface area contributed by atoms with Gasteiger partial charge in [0, 0.05) is 0 Å². The van der Waals surface area contributed by atoms with Crippen molar-refractivity contribution in [1.29, 1.82) is 10.8 Å². The lowest BCUT2D eigenvalue weighted by Crippen LogP contribution is -2.19. The summed E-state index contributed by atoms with van der Waals surface area (Å²) in [6.45, 7) is 0. The third-order valence-electron chi connectivity index (χ3n) is 4.78. The molecule has 5 aromatic rings. The molecule has 6 N–H and O–H groups in total. The highest BCUT2D eigenvalue weighted by molar-refractivity contribution is 5.97. The zero-order valence-corrected chi connectivity index (χ0v) is 15.7. The molecule has 0 unspecified atom stereocenters. The number of benzene rings is 2. The van der Waals surface area contributed by atoms with Gasteiger partial charge in [-0.05, 0) is 36.4 Å². The van der Waals surface area contributed by atoms with Crippen LogP contribution in [0.4, 0.5) is 0 Å². The van der Waals surface area contributed by atoms with Gasteiger partial charge in [0.1, 0.15) is 11.6 Å². The molecule has 0 amide bonds. The van der Waals surface area contributed by atoms with Crippen molar-refractivity contribution < 1.29 is 0 Å². The van der Waals surface area contributed by atoms with E-state index < -0.39 is 0 Å². The lowest BCUT2D eigenvalue weighted by molar-refractivity contribution is 0.941. The molecule has 9 heteroatoms. The molecule has 0 bridgehead atoms. The SMILES string of the molecule is N=C(N)c1nc2ccccc2n1-c1cccc(-n2c(C(=N)N)nc3ccccc32)n1. The second kappa shape index (κ2) is 6.52. The number of nitrogens with two attached hydrogens (primary N) is 2. The van der Waals surface area contributed by atoms with Crippen molar-refractivity contribution in [3.8, 4) is 11.6 Å². The molecule has 0 aliphatic rings. The van der Waals surface area contributed by atoms with Gasteiger partial charge >= 0.3 is 0 Å². The average molecular weight is 395 g/mol. The quantitative estimate of drug-likeness (QED) is 0.272. The van der Waals surface area contributed by atoms with E-state index in [1.807, 2.05) is 66.7 Å². The van der Waals surface area contributed by atoms with Crippen LogP contribution >= 0.6 is 0 Å². The number of nitrogen functional groups attached to an aromatic ring is 2. The zero-order chi connectivity index (χ0) is 20.8. The maximum atomic E-state index is 7.96. The lowest BCUT2D eigenvalue weighted by Gasteiger charge is -2.12. The number of imidazole rings is 2. The first-order valence-electron chi connectivity index (χ1n) is 9.16. The van der Waals surface area contributed by atoms with Crippen LogP contribution in [0.5, 0.6) is 0 Å². The Morgan fingerprint density at radius 2 is 1.03 bits per heavy atom. The molecular formula is C21H17N9. The number of hydrogen-bond donors (Lipinski definition) is 4. The molecule has 0 saturated carbocycles. The molecule has 0 atom stereocenters. The van der Waals surface area contributed by atoms with Crippen LogP contribution in [0.1, 0.15) is 11.6 Å². The summed E-state index contributed by atoms with van der Waals surface area (Å²) in [6.07, 6.45) is 0. The Labute approximate surface area is 170 Å². The molecule has 0 saturated heterocycles. The van der Waals surface area contributed by atoms with Crippen LogP contribution in [0, 0.1) is 10.8 Å². The van der Waals surface area contributed by atoms with Crippen molar-refractivity contribution in [3.63, 3.8) is 0 Å². The van der Waals surface area contributed by atoms with Crippen molar-refractivity contribution in [3.05, 3.63) is 78.4 Å². The van der Waals surface area contributed by atoms with Crippen LogP contribution in [0.2, 0.25) is 0 Å². The molecule has 146 valence electrons. The highest BCUT2D eigenvalue weighted by Gasteiger charge is 2.18. The van der Waals surface area contributed by atoms with Gasteiger partial charge in [0.25, 0.3) is 0 Å². The van der Waals surface area contributed by atoms with Gasteiger partial charge in [0.05, 0.1) is 22.1 Å². The summed E-state index contributed by atoms with van der Waals surface area (Å²) >= 11 is 0. The molecule has 0 radical (unpaired) electrons. The highest BCUT2D eigenvalue weighted by Crippen LogP contribution is 2.24. The van der Waals surface area contributed by atoms with Gasteiger partial charge in [-0.1, -0.05) is 30.3 Å². The maximum absolute atomic E-state index is 7.96. The minimum Gasteiger partial charge on any atom is -0.381 e. The number of rotatable bonds is 4. The predicted molar refractivity (Wildman–Crippen MR) is 116 cm³/mol. The van der Waals surface area contributed by atoms with Crippen molar-refractivity contribution in [2.45, 2.75) is 0 Å². The van der Waals surface area contributed by atoms with E-state index in [1.54, 1.807) is 9.13 Å². The summed E-state index contributed by atoms with van der Waals surface area (Å²) in [4.78, 5) is 13.7. The summed E-state index contributed by atoms with van der Waals surface area (Å²) in [5.74, 6) is 1.38. The van der Waals surface area contributed by atoms with E-state index in [9.17, 15) is 0 Å². The van der Waals surface area contributed by atoms with Crippen molar-refractivity contribution in [1.82, 2.24) is 24.1 Å². The number of amidine groups is 2. The molecule has 9 nitrogen and oxygen atoms in total. The molecule has 3 aromatic heterocycles. The predicted octanol–water partition coefficient (Wildman–Crippen LogP) is 2.33. The van der Waals surface area contributed by atoms with Crippen LogP contribution in [-0.4, -0.2) is 35.8 Å². The first-order valence-corrected chi connectivity index (χ1v) is 9.16. The van der Waals surface area contributed by atoms with Crippen molar-refractivity contribution in [2.75, 3.05) is 0 Å². The number of fused-ring (bicyclic) bond motifs is 2. The number of aromatic nitrogens is 5. The molecule has 3 heterocycles. The minimum atomic E-state index is -0.157. The van der Waals surface area contributed by atoms with E-state index in [0.29, 0.717) is 34.3 Å². The molecule has 0 fully saturated rings. The van der Waals surface area contributed by atoms with E-state index in [4.69, 9.17) is 27.3 Å². The van der Waals surface area contributed by atoms with Gasteiger partial charge in [-0.3, -0.25) is 20.0 Å². The third kappa shape index (κ3) is 2.60. The molecule has 30 heavy (non-hydrogen) atoms. The number of hydrogen-bond acceptors (Lipinski definition) is 5. The Morgan fingerprint density at radius 3 is 1.47 bits per heavy atom. The fourth-order valence-electron chi connectivity index (χ4n) is 3.54. The fourth-order valence-corrected chi connectivity index (χ4v) is 3.54. The second-order valence-electron chi connectivity index (χ2n) is 6.70. The normalized spacial score (nSPS) is 11.2. The Kier molecular flexibility index (Phi) is 3.82. The van der Waals surface area contributed by atoms with Gasteiger partial charge in [0.15, 0.2) is 23.3 Å². The van der Waals surface area contributed by atoms with Crippen LogP contribution in [0.15, 0.2) is 66.7 Å². The third-order valence-corrected chi connectivity index (χ3v) is 4.78. The zero-order valence-electron chi connectivity index (χ0n) is 15.7. The Bertz CT molecular complexity index is 1350. The minimum absolute atomic E-state index is 0.157.